The quantitative estimate of drug-likeness (QED) is 0.168. The van der Waals surface area contributed by atoms with Gasteiger partial charge >= 0.3 is 5.69 Å². The predicted molar refractivity (Wildman–Crippen MR) is 185 cm³/mol. The number of benzene rings is 3. The van der Waals surface area contributed by atoms with Gasteiger partial charge in [-0.25, -0.2) is 22.5 Å². The lowest BCUT2D eigenvalue weighted by atomic mass is 10.0. The maximum atomic E-state index is 15.0. The second-order valence-corrected chi connectivity index (χ2v) is 13.3. The van der Waals surface area contributed by atoms with Crippen molar-refractivity contribution in [3.63, 3.8) is 0 Å². The van der Waals surface area contributed by atoms with Crippen molar-refractivity contribution in [2.75, 3.05) is 40.4 Å². The Bertz CT molecular complexity index is 2160. The number of ether oxygens (including phenoxy) is 1. The van der Waals surface area contributed by atoms with Gasteiger partial charge in [0.05, 0.1) is 17.6 Å². The largest absolute Gasteiger partial charge is 0.377 e. The van der Waals surface area contributed by atoms with Crippen LogP contribution in [-0.2, 0) is 33.8 Å². The normalized spacial score (nSPS) is 13.2. The van der Waals surface area contributed by atoms with Crippen molar-refractivity contribution in [3.8, 4) is 16.1 Å². The van der Waals surface area contributed by atoms with Crippen LogP contribution >= 0.6 is 11.3 Å². The number of thiophene rings is 1. The number of amides is 1. The topological polar surface area (TPSA) is 93.8 Å². The van der Waals surface area contributed by atoms with E-state index in [0.717, 1.165) is 52.2 Å². The Kier molecular flexibility index (Phi) is 10.5. The molecule has 1 amide bonds. The number of nitrogens with zero attached hydrogens (tertiary/aromatic N) is 4. The molecule has 5 aromatic rings. The van der Waals surface area contributed by atoms with E-state index in [4.69, 9.17) is 4.74 Å². The average molecular weight is 705 g/mol. The smallest absolute Gasteiger partial charge is 0.337 e. The number of carbonyl (C=O) groups excluding carboxylic acids is 2. The second kappa shape index (κ2) is 15.0. The molecule has 9 nitrogen and oxygen atoms in total. The van der Waals surface area contributed by atoms with Gasteiger partial charge in [-0.05, 0) is 66.6 Å². The predicted octanol–water partition coefficient (Wildman–Crippen LogP) is 5.16. The van der Waals surface area contributed by atoms with Crippen LogP contribution < -0.4 is 11.2 Å². The molecule has 1 fully saturated rings. The van der Waals surface area contributed by atoms with Gasteiger partial charge in [-0.3, -0.25) is 19.0 Å². The van der Waals surface area contributed by atoms with Crippen molar-refractivity contribution < 1.29 is 27.5 Å². The molecule has 0 saturated carbocycles. The molecule has 0 bridgehead atoms. The lowest BCUT2D eigenvalue weighted by Gasteiger charge is -2.22. The van der Waals surface area contributed by atoms with E-state index in [2.05, 4.69) is 0 Å². The van der Waals surface area contributed by atoms with E-state index in [0.29, 0.717) is 42.1 Å². The molecule has 0 spiro atoms. The summed E-state index contributed by atoms with van der Waals surface area (Å²) in [6.45, 7) is 1.37. The van der Waals surface area contributed by atoms with E-state index in [1.807, 2.05) is 24.1 Å². The summed E-state index contributed by atoms with van der Waals surface area (Å²) in [6.07, 6.45) is 1.48. The van der Waals surface area contributed by atoms with Crippen molar-refractivity contribution in [2.45, 2.75) is 32.4 Å². The van der Waals surface area contributed by atoms with Gasteiger partial charge in [0.15, 0.2) is 5.78 Å². The number of fused-ring (bicyclic) bond motifs is 1. The van der Waals surface area contributed by atoms with Gasteiger partial charge in [0, 0.05) is 56.6 Å². The van der Waals surface area contributed by atoms with Crippen LogP contribution in [0.4, 0.5) is 13.2 Å². The maximum absolute atomic E-state index is 15.0. The third kappa shape index (κ3) is 7.21. The number of hydrogen-bond donors (Lipinski definition) is 0. The van der Waals surface area contributed by atoms with Crippen LogP contribution in [0.5, 0.6) is 0 Å². The van der Waals surface area contributed by atoms with Gasteiger partial charge in [-0.1, -0.05) is 30.3 Å². The number of likely N-dealkylation sites (tertiary alicyclic amines) is 1. The zero-order valence-electron chi connectivity index (χ0n) is 27.6. The van der Waals surface area contributed by atoms with Crippen molar-refractivity contribution in [3.05, 3.63) is 122 Å². The highest BCUT2D eigenvalue weighted by Gasteiger charge is 2.26. The number of carbonyl (C=O) groups is 2. The van der Waals surface area contributed by atoms with Gasteiger partial charge in [-0.2, -0.15) is 0 Å². The van der Waals surface area contributed by atoms with E-state index >= 15 is 8.78 Å². The number of rotatable bonds is 13. The fraction of sp³-hybridized carbons (Fsp3) is 0.297. The molecule has 6 rings (SSSR count). The molecular formula is C37H35F3N4O5S. The Labute approximate surface area is 289 Å². The number of Topliss-reactive ketones (excluding diaryl/α,β-unsaturated/α-hetero) is 1. The molecule has 3 aromatic carbocycles. The van der Waals surface area contributed by atoms with Crippen molar-refractivity contribution in [1.82, 2.24) is 18.9 Å². The minimum atomic E-state index is -0.851. The number of methoxy groups -OCH3 is 1. The number of aromatic nitrogens is 2. The molecule has 1 aliphatic rings. The average Bonchev–Trinajstić information content (AvgIpc) is 3.67. The van der Waals surface area contributed by atoms with E-state index in [-0.39, 0.29) is 52.7 Å². The number of halogens is 3. The highest BCUT2D eigenvalue weighted by molar-refractivity contribution is 7.22. The van der Waals surface area contributed by atoms with E-state index < -0.39 is 35.2 Å². The van der Waals surface area contributed by atoms with Gasteiger partial charge in [0.1, 0.15) is 28.9 Å². The van der Waals surface area contributed by atoms with E-state index in [1.165, 1.54) is 29.9 Å². The molecule has 0 atom stereocenters. The lowest BCUT2D eigenvalue weighted by molar-refractivity contribution is -0.127. The van der Waals surface area contributed by atoms with Crippen molar-refractivity contribution in [2.24, 2.45) is 0 Å². The maximum Gasteiger partial charge on any atom is 0.337 e. The van der Waals surface area contributed by atoms with E-state index in [9.17, 15) is 23.6 Å². The fourth-order valence-corrected chi connectivity index (χ4v) is 7.55. The summed E-state index contributed by atoms with van der Waals surface area (Å²) < 4.78 is 51.0. The molecule has 0 N–H and O–H groups in total. The molecule has 0 unspecified atom stereocenters. The van der Waals surface area contributed by atoms with Gasteiger partial charge in [-0.15, -0.1) is 11.3 Å². The summed E-state index contributed by atoms with van der Waals surface area (Å²) in [5.41, 5.74) is 0.276. The molecular weight excluding hydrogens is 669 g/mol. The Morgan fingerprint density at radius 2 is 1.64 bits per heavy atom. The second-order valence-electron chi connectivity index (χ2n) is 12.3. The van der Waals surface area contributed by atoms with Crippen LogP contribution in [0, 0.1) is 17.5 Å². The number of likely N-dealkylation sites (N-methyl/N-ethyl adjacent to an activating group) is 1. The SMILES string of the molecule is COCC(=O)Cc1ccc(-c2sc3c(c2CN(C)CCN2CCCC2=O)c(=O)n(-c2ccc(F)cc2)c(=O)n3Cc2c(F)cccc2F)cc1. The van der Waals surface area contributed by atoms with Crippen LogP contribution in [0.15, 0.2) is 76.3 Å². The Morgan fingerprint density at radius 3 is 2.28 bits per heavy atom. The first-order valence-corrected chi connectivity index (χ1v) is 16.9. The van der Waals surface area contributed by atoms with Crippen molar-refractivity contribution in [1.29, 1.82) is 0 Å². The first-order valence-electron chi connectivity index (χ1n) is 16.1. The van der Waals surface area contributed by atoms with Crippen molar-refractivity contribution >= 4 is 33.2 Å². The van der Waals surface area contributed by atoms with E-state index in [1.54, 1.807) is 17.0 Å². The zero-order chi connectivity index (χ0) is 35.5. The molecule has 1 aliphatic heterocycles. The summed E-state index contributed by atoms with van der Waals surface area (Å²) in [5.74, 6) is -2.27. The molecule has 13 heteroatoms. The Hall–Kier alpha value is -4.85. The Morgan fingerprint density at radius 1 is 0.940 bits per heavy atom. The Balaban J connectivity index is 1.55. The van der Waals surface area contributed by atoms with Crippen LogP contribution in [-0.4, -0.2) is 71.0 Å². The lowest BCUT2D eigenvalue weighted by Crippen LogP contribution is -2.39. The minimum absolute atomic E-state index is 0.0158. The fourth-order valence-electron chi connectivity index (χ4n) is 6.25. The first kappa shape index (κ1) is 35.0. The van der Waals surface area contributed by atoms with Gasteiger partial charge < -0.3 is 14.5 Å². The summed E-state index contributed by atoms with van der Waals surface area (Å²) in [6, 6.07) is 15.5. The first-order chi connectivity index (χ1) is 24.0. The van der Waals surface area contributed by atoms with Crippen LogP contribution in [0.3, 0.4) is 0 Å². The van der Waals surface area contributed by atoms with Crippen LogP contribution in [0.1, 0.15) is 29.5 Å². The van der Waals surface area contributed by atoms with Gasteiger partial charge in [0.25, 0.3) is 5.56 Å². The molecule has 3 heterocycles. The minimum Gasteiger partial charge on any atom is -0.377 e. The highest BCUT2D eigenvalue weighted by Crippen LogP contribution is 2.38. The molecule has 50 heavy (non-hydrogen) atoms. The van der Waals surface area contributed by atoms with Gasteiger partial charge in [0.2, 0.25) is 5.91 Å². The molecule has 260 valence electrons. The number of ketones is 1. The standard InChI is InChI=1S/C37H35F3N4O5S/c1-41(17-18-42-16-4-7-32(42)46)20-29-33-35(47)44(26-14-12-25(38)13-15-26)37(48)43(21-28-30(39)5-3-6-31(28)40)36(33)50-34(29)24-10-8-23(9-11-24)19-27(45)22-49-2/h3,5-6,8-15H,4,7,16-22H2,1-2H3. The summed E-state index contributed by atoms with van der Waals surface area (Å²) >= 11 is 1.15. The highest BCUT2D eigenvalue weighted by atomic mass is 32.1. The third-order valence-electron chi connectivity index (χ3n) is 8.81. The van der Waals surface area contributed by atoms with Crippen LogP contribution in [0.25, 0.3) is 26.3 Å². The number of hydrogen-bond acceptors (Lipinski definition) is 7. The summed E-state index contributed by atoms with van der Waals surface area (Å²) in [4.78, 5) is 57.8. The summed E-state index contributed by atoms with van der Waals surface area (Å²) in [7, 11) is 3.32. The zero-order valence-corrected chi connectivity index (χ0v) is 28.4. The summed E-state index contributed by atoms with van der Waals surface area (Å²) in [5, 5.41) is 0.175. The molecule has 1 saturated heterocycles. The molecule has 0 radical (unpaired) electrons. The molecule has 0 aliphatic carbocycles. The monoisotopic (exact) mass is 704 g/mol. The van der Waals surface area contributed by atoms with Crippen LogP contribution in [0.2, 0.25) is 0 Å². The third-order valence-corrected chi connectivity index (χ3v) is 10.1. The molecule has 2 aromatic heterocycles.